The van der Waals surface area contributed by atoms with Gasteiger partial charge in [-0.3, -0.25) is 4.79 Å². The van der Waals surface area contributed by atoms with Crippen LogP contribution in [0.4, 0.5) is 0 Å². The summed E-state index contributed by atoms with van der Waals surface area (Å²) in [5.41, 5.74) is 3.13. The summed E-state index contributed by atoms with van der Waals surface area (Å²) in [6.07, 6.45) is 7.15. The number of carbonyl (C=O) groups is 1. The van der Waals surface area contributed by atoms with Crippen molar-refractivity contribution in [1.29, 1.82) is 0 Å². The van der Waals surface area contributed by atoms with Gasteiger partial charge in [0.1, 0.15) is 5.78 Å². The first kappa shape index (κ1) is 15.6. The molecule has 1 aliphatic heterocycles. The van der Waals surface area contributed by atoms with Crippen molar-refractivity contribution in [1.82, 2.24) is 0 Å². The standard InChI is InChI=1S/C19H21NO4S/c1-19-7-6-13-14(16(19)4-5-18(19)21)3-2-11-9-17-12(8-15(11)13)10-20-25(22,23)24-17/h8-10,13-14,16H,2-7H2,1H3/t13?,14?,16?,19-/m0/s1. The van der Waals surface area contributed by atoms with E-state index in [4.69, 9.17) is 4.18 Å². The maximum absolute atomic E-state index is 12.4. The van der Waals surface area contributed by atoms with Crippen LogP contribution in [0, 0.1) is 17.3 Å². The van der Waals surface area contributed by atoms with E-state index in [2.05, 4.69) is 17.4 Å². The molecule has 0 bridgehead atoms. The van der Waals surface area contributed by atoms with Gasteiger partial charge in [-0.15, -0.1) is 4.40 Å². The predicted molar refractivity (Wildman–Crippen MR) is 93.2 cm³/mol. The SMILES string of the molecule is C[C@]12CCC3c4cc5c(cc4CCC3C1CCC2=O)OS(=O)(=O)N=C5. The quantitative estimate of drug-likeness (QED) is 0.713. The van der Waals surface area contributed by atoms with E-state index in [1.807, 2.05) is 6.07 Å². The van der Waals surface area contributed by atoms with Crippen molar-refractivity contribution in [3.8, 4) is 5.75 Å². The smallest absolute Gasteiger partial charge is 0.365 e. The molecule has 132 valence electrons. The summed E-state index contributed by atoms with van der Waals surface area (Å²) < 4.78 is 31.7. The van der Waals surface area contributed by atoms with Crippen LogP contribution in [0.5, 0.6) is 5.75 Å². The van der Waals surface area contributed by atoms with Crippen LogP contribution in [0.1, 0.15) is 61.6 Å². The zero-order valence-electron chi connectivity index (χ0n) is 14.2. The van der Waals surface area contributed by atoms with Crippen molar-refractivity contribution < 1.29 is 17.4 Å². The van der Waals surface area contributed by atoms with Crippen LogP contribution in [0.15, 0.2) is 16.5 Å². The largest absolute Gasteiger partial charge is 0.428 e. The van der Waals surface area contributed by atoms with E-state index in [-0.39, 0.29) is 5.41 Å². The predicted octanol–water partition coefficient (Wildman–Crippen LogP) is 3.17. The molecule has 0 spiro atoms. The van der Waals surface area contributed by atoms with Gasteiger partial charge in [0.25, 0.3) is 0 Å². The average Bonchev–Trinajstić information content (AvgIpc) is 2.87. The minimum Gasteiger partial charge on any atom is -0.365 e. The maximum Gasteiger partial charge on any atom is 0.428 e. The first-order chi connectivity index (χ1) is 11.9. The molecule has 25 heavy (non-hydrogen) atoms. The van der Waals surface area contributed by atoms with Crippen LogP contribution in [0.25, 0.3) is 0 Å². The number of hydrogen-bond donors (Lipinski definition) is 0. The minimum absolute atomic E-state index is 0.120. The molecule has 2 saturated carbocycles. The fourth-order valence-corrected chi connectivity index (χ4v) is 6.47. The summed E-state index contributed by atoms with van der Waals surface area (Å²) in [6, 6.07) is 3.95. The van der Waals surface area contributed by atoms with Crippen molar-refractivity contribution in [2.24, 2.45) is 21.6 Å². The molecular weight excluding hydrogens is 338 g/mol. The molecule has 0 saturated heterocycles. The van der Waals surface area contributed by atoms with E-state index in [1.165, 1.54) is 17.3 Å². The van der Waals surface area contributed by atoms with E-state index >= 15 is 0 Å². The van der Waals surface area contributed by atoms with E-state index in [0.717, 1.165) is 44.1 Å². The molecular formula is C19H21NO4S. The second-order valence-corrected chi connectivity index (χ2v) is 9.40. The van der Waals surface area contributed by atoms with Crippen molar-refractivity contribution in [3.05, 3.63) is 28.8 Å². The number of ketones is 1. The van der Waals surface area contributed by atoms with Gasteiger partial charge in [0.05, 0.1) is 6.21 Å². The molecule has 2 fully saturated rings. The molecule has 3 unspecified atom stereocenters. The molecule has 4 aliphatic rings. The normalized spacial score (nSPS) is 37.5. The second kappa shape index (κ2) is 4.93. The molecule has 0 amide bonds. The third kappa shape index (κ3) is 2.16. The lowest BCUT2D eigenvalue weighted by atomic mass is 9.55. The zero-order chi connectivity index (χ0) is 17.4. The van der Waals surface area contributed by atoms with Gasteiger partial charge in [-0.25, -0.2) is 0 Å². The monoisotopic (exact) mass is 359 g/mol. The Balaban J connectivity index is 1.56. The Labute approximate surface area is 147 Å². The van der Waals surface area contributed by atoms with Gasteiger partial charge in [-0.1, -0.05) is 6.92 Å². The summed E-state index contributed by atoms with van der Waals surface area (Å²) in [4.78, 5) is 12.4. The number of carbonyl (C=O) groups excluding carboxylic acids is 1. The van der Waals surface area contributed by atoms with Gasteiger partial charge in [-0.05, 0) is 73.1 Å². The number of benzene rings is 1. The minimum atomic E-state index is -3.84. The van der Waals surface area contributed by atoms with E-state index in [9.17, 15) is 13.2 Å². The molecule has 1 aromatic rings. The molecule has 4 atom stereocenters. The zero-order valence-corrected chi connectivity index (χ0v) is 15.0. The first-order valence-corrected chi connectivity index (χ1v) is 10.4. The Kier molecular flexibility index (Phi) is 3.07. The summed E-state index contributed by atoms with van der Waals surface area (Å²) in [7, 11) is -3.84. The van der Waals surface area contributed by atoms with Gasteiger partial charge in [0.15, 0.2) is 5.75 Å². The Hall–Kier alpha value is -1.69. The van der Waals surface area contributed by atoms with Crippen LogP contribution in [-0.2, 0) is 21.5 Å². The average molecular weight is 359 g/mol. The Bertz CT molecular complexity index is 920. The summed E-state index contributed by atoms with van der Waals surface area (Å²) >= 11 is 0. The molecule has 0 radical (unpaired) electrons. The maximum atomic E-state index is 12.4. The number of fused-ring (bicyclic) bond motifs is 6. The van der Waals surface area contributed by atoms with E-state index in [0.29, 0.717) is 29.3 Å². The molecule has 1 heterocycles. The van der Waals surface area contributed by atoms with Crippen LogP contribution >= 0.6 is 0 Å². The Morgan fingerprint density at radius 2 is 2.04 bits per heavy atom. The van der Waals surface area contributed by atoms with Crippen LogP contribution in [0.3, 0.4) is 0 Å². The highest BCUT2D eigenvalue weighted by molar-refractivity contribution is 7.86. The molecule has 6 heteroatoms. The second-order valence-electron chi connectivity index (χ2n) is 8.17. The lowest BCUT2D eigenvalue weighted by molar-refractivity contribution is -0.129. The van der Waals surface area contributed by atoms with Crippen molar-refractivity contribution in [2.45, 2.75) is 51.4 Å². The van der Waals surface area contributed by atoms with Gasteiger partial charge < -0.3 is 4.18 Å². The number of nitrogens with zero attached hydrogens (tertiary/aromatic N) is 1. The van der Waals surface area contributed by atoms with Gasteiger partial charge >= 0.3 is 10.3 Å². The molecule has 1 aromatic carbocycles. The van der Waals surface area contributed by atoms with Crippen LogP contribution in [0.2, 0.25) is 0 Å². The third-order valence-corrected chi connectivity index (χ3v) is 7.83. The number of Topliss-reactive ketones (excluding diaryl/α,β-unsaturated/α-hetero) is 1. The van der Waals surface area contributed by atoms with Crippen molar-refractivity contribution in [2.75, 3.05) is 0 Å². The fraction of sp³-hybridized carbons (Fsp3) is 0.579. The van der Waals surface area contributed by atoms with Crippen LogP contribution in [-0.4, -0.2) is 20.4 Å². The first-order valence-electron chi connectivity index (χ1n) is 9.07. The third-order valence-electron chi connectivity index (χ3n) is 7.08. The fourth-order valence-electron chi connectivity index (χ4n) is 5.82. The number of aryl methyl sites for hydroxylation is 1. The van der Waals surface area contributed by atoms with Crippen molar-refractivity contribution >= 4 is 22.3 Å². The van der Waals surface area contributed by atoms with E-state index < -0.39 is 10.3 Å². The Morgan fingerprint density at radius 3 is 2.88 bits per heavy atom. The highest BCUT2D eigenvalue weighted by Gasteiger charge is 2.54. The topological polar surface area (TPSA) is 72.8 Å². The van der Waals surface area contributed by atoms with Crippen molar-refractivity contribution in [3.63, 3.8) is 0 Å². The molecule has 0 aromatic heterocycles. The molecule has 0 N–H and O–H groups in total. The van der Waals surface area contributed by atoms with Gasteiger partial charge in [-0.2, -0.15) is 8.42 Å². The van der Waals surface area contributed by atoms with Crippen LogP contribution < -0.4 is 4.18 Å². The highest BCUT2D eigenvalue weighted by atomic mass is 32.2. The summed E-state index contributed by atoms with van der Waals surface area (Å²) in [5.74, 6) is 2.36. The summed E-state index contributed by atoms with van der Waals surface area (Å²) in [5, 5.41) is 0. The molecule has 3 aliphatic carbocycles. The van der Waals surface area contributed by atoms with E-state index in [1.54, 1.807) is 0 Å². The summed E-state index contributed by atoms with van der Waals surface area (Å²) in [6.45, 7) is 2.18. The number of rotatable bonds is 0. The lowest BCUT2D eigenvalue weighted by Gasteiger charge is -2.48. The molecule has 5 rings (SSSR count). The Morgan fingerprint density at radius 1 is 1.20 bits per heavy atom. The van der Waals surface area contributed by atoms with Gasteiger partial charge in [0, 0.05) is 17.4 Å². The van der Waals surface area contributed by atoms with Gasteiger partial charge in [0.2, 0.25) is 0 Å². The lowest BCUT2D eigenvalue weighted by Crippen LogP contribution is -2.42. The number of hydrogen-bond acceptors (Lipinski definition) is 4. The molecule has 5 nitrogen and oxygen atoms in total. The highest BCUT2D eigenvalue weighted by Crippen LogP contribution is 2.59.